The van der Waals surface area contributed by atoms with Crippen LogP contribution in [-0.4, -0.2) is 10.9 Å². The highest BCUT2D eigenvalue weighted by atomic mass is 35.5. The van der Waals surface area contributed by atoms with Crippen LogP contribution in [0.5, 0.6) is 0 Å². The highest BCUT2D eigenvalue weighted by Gasteiger charge is 1.98. The Hall–Kier alpha value is -2.13. The minimum absolute atomic E-state index is 0.216. The summed E-state index contributed by atoms with van der Waals surface area (Å²) in [4.78, 5) is 15.8. The molecule has 0 spiro atoms. The fourth-order valence-corrected chi connectivity index (χ4v) is 1.58. The van der Waals surface area contributed by atoms with Gasteiger partial charge in [0.05, 0.1) is 0 Å². The van der Waals surface area contributed by atoms with Gasteiger partial charge >= 0.3 is 0 Å². The van der Waals surface area contributed by atoms with Crippen molar-refractivity contribution in [2.75, 3.05) is 5.32 Å². The lowest BCUT2D eigenvalue weighted by Gasteiger charge is -2.01. The fraction of sp³-hybridized carbons (Fsp3) is 0.0667. The maximum absolute atomic E-state index is 11.7. The Balaban J connectivity index is 1.97. The van der Waals surface area contributed by atoms with E-state index in [2.05, 4.69) is 10.3 Å². The van der Waals surface area contributed by atoms with E-state index >= 15 is 0 Å². The van der Waals surface area contributed by atoms with Gasteiger partial charge in [-0.15, -0.1) is 0 Å². The number of anilines is 1. The fourth-order valence-electron chi connectivity index (χ4n) is 1.46. The molecule has 0 aliphatic heterocycles. The molecule has 1 aromatic carbocycles. The largest absolute Gasteiger partial charge is 0.307 e. The summed E-state index contributed by atoms with van der Waals surface area (Å²) in [6, 6.07) is 10.9. The van der Waals surface area contributed by atoms with Crippen molar-refractivity contribution in [3.63, 3.8) is 0 Å². The standard InChI is InChI=1S/C15H13ClN2O/c1-11-2-8-14(17-10-11)18-15(19)9-5-12-3-6-13(16)7-4-12/h2-10H,1H3,(H,17,18,19)/b9-5+. The molecule has 1 aromatic heterocycles. The molecule has 0 fully saturated rings. The molecule has 0 bridgehead atoms. The van der Waals surface area contributed by atoms with Crippen LogP contribution in [0, 0.1) is 6.92 Å². The van der Waals surface area contributed by atoms with Crippen LogP contribution in [0.25, 0.3) is 6.08 Å². The van der Waals surface area contributed by atoms with Crippen molar-refractivity contribution in [2.45, 2.75) is 6.92 Å². The lowest BCUT2D eigenvalue weighted by atomic mass is 10.2. The Morgan fingerprint density at radius 3 is 2.58 bits per heavy atom. The van der Waals surface area contributed by atoms with Crippen molar-refractivity contribution in [1.29, 1.82) is 0 Å². The molecule has 96 valence electrons. The third-order valence-corrected chi connectivity index (χ3v) is 2.71. The summed E-state index contributed by atoms with van der Waals surface area (Å²) < 4.78 is 0. The molecular formula is C15H13ClN2O. The first kappa shape index (κ1) is 13.3. The van der Waals surface area contributed by atoms with Gasteiger partial charge in [0.15, 0.2) is 0 Å². The molecule has 0 unspecified atom stereocenters. The summed E-state index contributed by atoms with van der Waals surface area (Å²) >= 11 is 5.78. The SMILES string of the molecule is Cc1ccc(NC(=O)/C=C/c2ccc(Cl)cc2)nc1. The number of hydrogen-bond acceptors (Lipinski definition) is 2. The smallest absolute Gasteiger partial charge is 0.249 e. The van der Waals surface area contributed by atoms with Gasteiger partial charge in [0.1, 0.15) is 5.82 Å². The minimum atomic E-state index is -0.216. The second kappa shape index (κ2) is 6.16. The molecular weight excluding hydrogens is 260 g/mol. The Morgan fingerprint density at radius 2 is 1.95 bits per heavy atom. The van der Waals surface area contributed by atoms with Crippen molar-refractivity contribution in [3.05, 3.63) is 64.8 Å². The Kier molecular flexibility index (Phi) is 4.31. The third kappa shape index (κ3) is 4.23. The molecule has 19 heavy (non-hydrogen) atoms. The molecule has 2 rings (SSSR count). The maximum Gasteiger partial charge on any atom is 0.249 e. The van der Waals surface area contributed by atoms with Crippen molar-refractivity contribution in [1.82, 2.24) is 4.98 Å². The molecule has 0 aliphatic carbocycles. The number of carbonyl (C=O) groups excluding carboxylic acids is 1. The second-order valence-electron chi connectivity index (χ2n) is 4.09. The van der Waals surface area contributed by atoms with E-state index in [1.54, 1.807) is 30.5 Å². The highest BCUT2D eigenvalue weighted by Crippen LogP contribution is 2.10. The predicted molar refractivity (Wildman–Crippen MR) is 78.1 cm³/mol. The summed E-state index contributed by atoms with van der Waals surface area (Å²) in [5, 5.41) is 3.36. The highest BCUT2D eigenvalue weighted by molar-refractivity contribution is 6.30. The third-order valence-electron chi connectivity index (χ3n) is 2.46. The topological polar surface area (TPSA) is 42.0 Å². The van der Waals surface area contributed by atoms with Gasteiger partial charge < -0.3 is 5.32 Å². The van der Waals surface area contributed by atoms with E-state index in [1.807, 2.05) is 25.1 Å². The van der Waals surface area contributed by atoms with Crippen LogP contribution < -0.4 is 5.32 Å². The van der Waals surface area contributed by atoms with Gasteiger partial charge in [-0.25, -0.2) is 4.98 Å². The first-order valence-electron chi connectivity index (χ1n) is 5.81. The first-order chi connectivity index (χ1) is 9.13. The van der Waals surface area contributed by atoms with E-state index in [-0.39, 0.29) is 5.91 Å². The average Bonchev–Trinajstić information content (AvgIpc) is 2.41. The molecule has 0 saturated heterocycles. The van der Waals surface area contributed by atoms with E-state index in [9.17, 15) is 4.79 Å². The van der Waals surface area contributed by atoms with Crippen LogP contribution in [-0.2, 0) is 4.79 Å². The van der Waals surface area contributed by atoms with Gasteiger partial charge in [0, 0.05) is 17.3 Å². The number of aryl methyl sites for hydroxylation is 1. The Bertz CT molecular complexity index is 589. The summed E-state index contributed by atoms with van der Waals surface area (Å²) in [5.74, 6) is 0.322. The van der Waals surface area contributed by atoms with Crippen molar-refractivity contribution >= 4 is 29.4 Å². The van der Waals surface area contributed by atoms with Crippen LogP contribution >= 0.6 is 11.6 Å². The molecule has 0 aliphatic rings. The normalized spacial score (nSPS) is 10.6. The molecule has 1 amide bonds. The maximum atomic E-state index is 11.7. The van der Waals surface area contributed by atoms with Crippen LogP contribution in [0.15, 0.2) is 48.7 Å². The van der Waals surface area contributed by atoms with Crippen LogP contribution in [0.3, 0.4) is 0 Å². The number of carbonyl (C=O) groups is 1. The number of aromatic nitrogens is 1. The number of nitrogens with one attached hydrogen (secondary N) is 1. The van der Waals surface area contributed by atoms with Gasteiger partial charge in [0.25, 0.3) is 0 Å². The molecule has 3 nitrogen and oxygen atoms in total. The number of pyridine rings is 1. The van der Waals surface area contributed by atoms with Crippen LogP contribution in [0.4, 0.5) is 5.82 Å². The summed E-state index contributed by atoms with van der Waals surface area (Å²) in [7, 11) is 0. The first-order valence-corrected chi connectivity index (χ1v) is 6.18. The van der Waals surface area contributed by atoms with E-state index in [0.717, 1.165) is 11.1 Å². The average molecular weight is 273 g/mol. The zero-order chi connectivity index (χ0) is 13.7. The summed E-state index contributed by atoms with van der Waals surface area (Å²) in [6.07, 6.45) is 4.89. The van der Waals surface area contributed by atoms with Crippen LogP contribution in [0.2, 0.25) is 5.02 Å². The number of hydrogen-bond donors (Lipinski definition) is 1. The molecule has 1 heterocycles. The van der Waals surface area contributed by atoms with Crippen molar-refractivity contribution in [3.8, 4) is 0 Å². The molecule has 0 radical (unpaired) electrons. The Labute approximate surface area is 116 Å². The van der Waals surface area contributed by atoms with Gasteiger partial charge in [0.2, 0.25) is 5.91 Å². The Morgan fingerprint density at radius 1 is 1.21 bits per heavy atom. The number of rotatable bonds is 3. The number of amides is 1. The van der Waals surface area contributed by atoms with Gasteiger partial charge in [-0.3, -0.25) is 4.79 Å². The number of halogens is 1. The number of benzene rings is 1. The second-order valence-corrected chi connectivity index (χ2v) is 4.53. The monoisotopic (exact) mass is 272 g/mol. The van der Waals surface area contributed by atoms with E-state index in [1.165, 1.54) is 6.08 Å². The zero-order valence-electron chi connectivity index (χ0n) is 10.4. The van der Waals surface area contributed by atoms with Crippen LogP contribution in [0.1, 0.15) is 11.1 Å². The van der Waals surface area contributed by atoms with E-state index in [4.69, 9.17) is 11.6 Å². The predicted octanol–water partition coefficient (Wildman–Crippen LogP) is 3.70. The minimum Gasteiger partial charge on any atom is -0.307 e. The molecule has 1 N–H and O–H groups in total. The molecule has 4 heteroatoms. The zero-order valence-corrected chi connectivity index (χ0v) is 11.2. The van der Waals surface area contributed by atoms with Gasteiger partial charge in [-0.2, -0.15) is 0 Å². The number of nitrogens with zero attached hydrogens (tertiary/aromatic N) is 1. The molecule has 0 atom stereocenters. The molecule has 0 saturated carbocycles. The van der Waals surface area contributed by atoms with E-state index < -0.39 is 0 Å². The van der Waals surface area contributed by atoms with Crippen molar-refractivity contribution < 1.29 is 4.79 Å². The summed E-state index contributed by atoms with van der Waals surface area (Å²) in [5.41, 5.74) is 1.96. The molecule has 2 aromatic rings. The quantitative estimate of drug-likeness (QED) is 0.866. The lowest BCUT2D eigenvalue weighted by Crippen LogP contribution is -2.08. The van der Waals surface area contributed by atoms with E-state index in [0.29, 0.717) is 10.8 Å². The van der Waals surface area contributed by atoms with Gasteiger partial charge in [-0.1, -0.05) is 29.8 Å². The lowest BCUT2D eigenvalue weighted by molar-refractivity contribution is -0.111. The summed E-state index contributed by atoms with van der Waals surface area (Å²) in [6.45, 7) is 1.94. The van der Waals surface area contributed by atoms with Crippen molar-refractivity contribution in [2.24, 2.45) is 0 Å². The van der Waals surface area contributed by atoms with Gasteiger partial charge in [-0.05, 0) is 42.3 Å².